The molecule has 1 N–H and O–H groups in total. The molecule has 0 radical (unpaired) electrons. The van der Waals surface area contributed by atoms with Crippen molar-refractivity contribution < 1.29 is 27.8 Å². The molecule has 1 atom stereocenters. The first-order valence-corrected chi connectivity index (χ1v) is 11.3. The number of hydrogen-bond acceptors (Lipinski definition) is 5. The number of aromatic nitrogens is 1. The predicted octanol–water partition coefficient (Wildman–Crippen LogP) is 2.48. The van der Waals surface area contributed by atoms with Crippen molar-refractivity contribution in [3.63, 3.8) is 0 Å². The van der Waals surface area contributed by atoms with Crippen molar-refractivity contribution in [2.45, 2.75) is 44.8 Å². The van der Waals surface area contributed by atoms with E-state index < -0.39 is 28.5 Å². The van der Waals surface area contributed by atoms with Gasteiger partial charge in [0.15, 0.2) is 11.4 Å². The summed E-state index contributed by atoms with van der Waals surface area (Å²) in [5.74, 6) is -2.82. The maximum atomic E-state index is 14.0. The first-order valence-electron chi connectivity index (χ1n) is 11.3. The smallest absolute Gasteiger partial charge is 0.274 e. The van der Waals surface area contributed by atoms with Crippen LogP contribution in [0.4, 0.5) is 8.78 Å². The van der Waals surface area contributed by atoms with Gasteiger partial charge >= 0.3 is 0 Å². The molecular formula is C24H27F2N3O5. The summed E-state index contributed by atoms with van der Waals surface area (Å²) < 4.78 is 40.0. The number of carbonyl (C=O) groups is 2. The fraction of sp³-hybridized carbons (Fsp3) is 0.458. The maximum absolute atomic E-state index is 14.0. The van der Waals surface area contributed by atoms with Crippen LogP contribution in [-0.4, -0.2) is 53.7 Å². The van der Waals surface area contributed by atoms with Gasteiger partial charge in [0, 0.05) is 44.6 Å². The molecule has 3 heterocycles. The number of nitrogens with zero attached hydrogens (tertiary/aromatic N) is 2. The van der Waals surface area contributed by atoms with Gasteiger partial charge in [0.2, 0.25) is 5.43 Å². The summed E-state index contributed by atoms with van der Waals surface area (Å²) >= 11 is 0. The summed E-state index contributed by atoms with van der Waals surface area (Å²) in [6.07, 6.45) is 3.46. The molecule has 0 aliphatic carbocycles. The van der Waals surface area contributed by atoms with Gasteiger partial charge in [0.25, 0.3) is 11.8 Å². The van der Waals surface area contributed by atoms with Gasteiger partial charge < -0.3 is 24.3 Å². The Kier molecular flexibility index (Phi) is 6.70. The molecule has 1 spiro atoms. The van der Waals surface area contributed by atoms with Crippen molar-refractivity contribution in [3.05, 3.63) is 63.1 Å². The molecule has 2 aliphatic heterocycles. The predicted molar refractivity (Wildman–Crippen MR) is 119 cm³/mol. The quantitative estimate of drug-likeness (QED) is 0.622. The van der Waals surface area contributed by atoms with Gasteiger partial charge in [-0.15, -0.1) is 0 Å². The number of benzene rings is 1. The molecule has 2 aromatic rings. The normalized spacial score (nSPS) is 19.4. The Hall–Kier alpha value is -3.27. The van der Waals surface area contributed by atoms with E-state index in [1.807, 2.05) is 6.92 Å². The summed E-state index contributed by atoms with van der Waals surface area (Å²) in [7, 11) is 1.68. The van der Waals surface area contributed by atoms with Gasteiger partial charge in [-0.05, 0) is 18.9 Å². The van der Waals surface area contributed by atoms with Crippen LogP contribution in [-0.2, 0) is 17.8 Å². The molecule has 1 aromatic heterocycles. The fourth-order valence-electron chi connectivity index (χ4n) is 4.32. The number of carbonyl (C=O) groups excluding carboxylic acids is 2. The van der Waals surface area contributed by atoms with Crippen LogP contribution < -0.4 is 15.5 Å². The molecule has 0 saturated carbocycles. The average Bonchev–Trinajstić information content (AvgIpc) is 3.27. The summed E-state index contributed by atoms with van der Waals surface area (Å²) in [6.45, 7) is 3.13. The van der Waals surface area contributed by atoms with Gasteiger partial charge in [-0.2, -0.15) is 0 Å². The van der Waals surface area contributed by atoms with E-state index in [9.17, 15) is 23.2 Å². The molecule has 2 aliphatic rings. The number of amides is 2. The Balaban J connectivity index is 1.70. The fourth-order valence-corrected chi connectivity index (χ4v) is 4.32. The lowest BCUT2D eigenvalue weighted by atomic mass is 9.92. The van der Waals surface area contributed by atoms with Gasteiger partial charge in [-0.3, -0.25) is 14.4 Å². The highest BCUT2D eigenvalue weighted by Crippen LogP contribution is 2.35. The minimum Gasteiger partial charge on any atom is -0.487 e. The van der Waals surface area contributed by atoms with Crippen LogP contribution in [0, 0.1) is 11.6 Å². The third-order valence-electron chi connectivity index (χ3n) is 6.45. The van der Waals surface area contributed by atoms with E-state index in [0.29, 0.717) is 32.6 Å². The zero-order valence-corrected chi connectivity index (χ0v) is 19.2. The highest BCUT2D eigenvalue weighted by molar-refractivity contribution is 5.99. The maximum Gasteiger partial charge on any atom is 0.274 e. The standard InChI is InChI=1S/C24H27F2N3O5/c1-3-4-8-34-21-19-23(32)28(2)24(7-9-33-14-24)13-29(19)12-17(20(21)30)22(31)27-11-15-5-6-16(25)10-18(15)26/h5-6,10,12H,3-4,7-9,11,13-14H2,1-2H3,(H,27,31). The number of rotatable bonds is 7. The average molecular weight is 475 g/mol. The molecule has 8 nitrogen and oxygen atoms in total. The van der Waals surface area contributed by atoms with Gasteiger partial charge in [-0.25, -0.2) is 8.78 Å². The van der Waals surface area contributed by atoms with Crippen molar-refractivity contribution in [3.8, 4) is 5.75 Å². The van der Waals surface area contributed by atoms with Crippen LogP contribution in [0.15, 0.2) is 29.2 Å². The van der Waals surface area contributed by atoms with Crippen LogP contribution in [0.1, 0.15) is 52.6 Å². The summed E-state index contributed by atoms with van der Waals surface area (Å²) in [5.41, 5.74) is -1.33. The van der Waals surface area contributed by atoms with Gasteiger partial charge in [-0.1, -0.05) is 19.4 Å². The first-order chi connectivity index (χ1) is 16.3. The second kappa shape index (κ2) is 9.54. The molecule has 182 valence electrons. The zero-order chi connectivity index (χ0) is 24.5. The molecule has 10 heteroatoms. The van der Waals surface area contributed by atoms with Crippen molar-refractivity contribution >= 4 is 11.8 Å². The summed E-state index contributed by atoms with van der Waals surface area (Å²) in [4.78, 5) is 41.1. The minimum atomic E-state index is -0.803. The van der Waals surface area contributed by atoms with E-state index in [1.54, 1.807) is 16.5 Å². The Morgan fingerprint density at radius 1 is 1.29 bits per heavy atom. The molecule has 4 rings (SSSR count). The molecule has 1 saturated heterocycles. The lowest BCUT2D eigenvalue weighted by Gasteiger charge is -2.43. The highest BCUT2D eigenvalue weighted by Gasteiger charge is 2.47. The van der Waals surface area contributed by atoms with Crippen molar-refractivity contribution in [2.75, 3.05) is 26.9 Å². The number of unbranched alkanes of at least 4 members (excludes halogenated alkanes) is 1. The van der Waals surface area contributed by atoms with Gasteiger partial charge in [0.05, 0.1) is 18.8 Å². The monoisotopic (exact) mass is 475 g/mol. The second-order valence-corrected chi connectivity index (χ2v) is 8.69. The Morgan fingerprint density at radius 3 is 2.76 bits per heavy atom. The SMILES string of the molecule is CCCCOc1c2n(cc(C(=O)NCc3ccc(F)cc3F)c1=O)CC1(CCOC1)N(C)C2=O. The highest BCUT2D eigenvalue weighted by atomic mass is 19.1. The number of ether oxygens (including phenoxy) is 2. The molecule has 2 amide bonds. The topological polar surface area (TPSA) is 89.9 Å². The van der Waals surface area contributed by atoms with Crippen LogP contribution in [0.2, 0.25) is 0 Å². The van der Waals surface area contributed by atoms with Crippen LogP contribution in [0.25, 0.3) is 0 Å². The number of nitrogens with one attached hydrogen (secondary N) is 1. The van der Waals surface area contributed by atoms with E-state index >= 15 is 0 Å². The largest absolute Gasteiger partial charge is 0.487 e. The Morgan fingerprint density at radius 2 is 2.09 bits per heavy atom. The number of halogens is 2. The molecule has 0 bridgehead atoms. The Bertz CT molecular complexity index is 1170. The van der Waals surface area contributed by atoms with Crippen LogP contribution >= 0.6 is 0 Å². The molecule has 1 aromatic carbocycles. The Labute approximate surface area is 195 Å². The van der Waals surface area contributed by atoms with E-state index in [-0.39, 0.29) is 41.6 Å². The van der Waals surface area contributed by atoms with Crippen molar-refractivity contribution in [1.82, 2.24) is 14.8 Å². The minimum absolute atomic E-state index is 0.0751. The summed E-state index contributed by atoms with van der Waals surface area (Å²) in [5, 5.41) is 2.51. The zero-order valence-electron chi connectivity index (χ0n) is 19.2. The van der Waals surface area contributed by atoms with E-state index in [4.69, 9.17) is 9.47 Å². The molecular weight excluding hydrogens is 448 g/mol. The van der Waals surface area contributed by atoms with E-state index in [1.165, 1.54) is 12.3 Å². The lowest BCUT2D eigenvalue weighted by Crippen LogP contribution is -2.57. The third kappa shape index (κ3) is 4.29. The number of pyridine rings is 1. The summed E-state index contributed by atoms with van der Waals surface area (Å²) in [6, 6.07) is 3.03. The number of hydrogen-bond donors (Lipinski definition) is 1. The van der Waals surface area contributed by atoms with Gasteiger partial charge in [0.1, 0.15) is 17.2 Å². The molecule has 1 unspecified atom stereocenters. The second-order valence-electron chi connectivity index (χ2n) is 8.69. The first kappa shape index (κ1) is 23.9. The lowest BCUT2D eigenvalue weighted by molar-refractivity contribution is 0.0341. The van der Waals surface area contributed by atoms with Crippen molar-refractivity contribution in [1.29, 1.82) is 0 Å². The van der Waals surface area contributed by atoms with E-state index in [0.717, 1.165) is 18.6 Å². The molecule has 34 heavy (non-hydrogen) atoms. The number of fused-ring (bicyclic) bond motifs is 1. The third-order valence-corrected chi connectivity index (χ3v) is 6.45. The van der Waals surface area contributed by atoms with E-state index in [2.05, 4.69) is 5.32 Å². The number of likely N-dealkylation sites (N-methyl/N-ethyl adjacent to an activating group) is 1. The van der Waals surface area contributed by atoms with Crippen LogP contribution in [0.5, 0.6) is 5.75 Å². The molecule has 1 fully saturated rings. The van der Waals surface area contributed by atoms with Crippen LogP contribution in [0.3, 0.4) is 0 Å². The van der Waals surface area contributed by atoms with Crippen molar-refractivity contribution in [2.24, 2.45) is 0 Å².